The van der Waals surface area contributed by atoms with Crippen molar-refractivity contribution >= 4 is 5.97 Å². The summed E-state index contributed by atoms with van der Waals surface area (Å²) in [7, 11) is 0. The first-order chi connectivity index (χ1) is 5.22. The molecule has 0 saturated carbocycles. The minimum atomic E-state index is -0.963. The molecule has 5 nitrogen and oxygen atoms in total. The summed E-state index contributed by atoms with van der Waals surface area (Å²) in [5, 5.41) is 8.32. The van der Waals surface area contributed by atoms with Crippen molar-refractivity contribution in [3.05, 3.63) is 17.8 Å². The number of carbonyl (C=O) groups is 1. The minimum absolute atomic E-state index is 0.193. The number of hydrogen-bond donors (Lipinski definition) is 2. The van der Waals surface area contributed by atoms with Crippen LogP contribution in [0, 0.1) is 0 Å². The van der Waals surface area contributed by atoms with Crippen molar-refractivity contribution in [2.45, 2.75) is 13.0 Å². The molecule has 11 heavy (non-hydrogen) atoms. The molecule has 0 fully saturated rings. The van der Waals surface area contributed by atoms with Crippen LogP contribution in [0.15, 0.2) is 10.7 Å². The number of aromatic nitrogens is 1. The van der Waals surface area contributed by atoms with Crippen LogP contribution in [0.3, 0.4) is 0 Å². The Morgan fingerprint density at radius 3 is 3.00 bits per heavy atom. The molecule has 0 spiro atoms. The summed E-state index contributed by atoms with van der Waals surface area (Å²) in [4.78, 5) is 13.9. The lowest BCUT2D eigenvalue weighted by molar-refractivity contribution is -0.136. The Morgan fingerprint density at radius 1 is 1.82 bits per heavy atom. The highest BCUT2D eigenvalue weighted by atomic mass is 16.4. The van der Waals surface area contributed by atoms with Gasteiger partial charge in [-0.1, -0.05) is 0 Å². The fraction of sp³-hybridized carbons (Fsp3) is 0.333. The Kier molecular flexibility index (Phi) is 2.22. The highest BCUT2D eigenvalue weighted by Gasteiger charge is 2.06. The van der Waals surface area contributed by atoms with Crippen molar-refractivity contribution in [1.29, 1.82) is 0 Å². The van der Waals surface area contributed by atoms with Crippen molar-refractivity contribution in [1.82, 2.24) is 4.98 Å². The lowest BCUT2D eigenvalue weighted by Crippen LogP contribution is -2.01. The zero-order chi connectivity index (χ0) is 8.27. The molecule has 0 aliphatic carbocycles. The van der Waals surface area contributed by atoms with E-state index >= 15 is 0 Å². The van der Waals surface area contributed by atoms with Crippen LogP contribution in [0.5, 0.6) is 0 Å². The number of carboxylic acids is 1. The molecule has 0 bridgehead atoms. The molecule has 0 amide bonds. The van der Waals surface area contributed by atoms with Crippen LogP contribution in [0.2, 0.25) is 0 Å². The summed E-state index contributed by atoms with van der Waals surface area (Å²) < 4.78 is 4.79. The van der Waals surface area contributed by atoms with Gasteiger partial charge in [0.25, 0.3) is 0 Å². The summed E-state index contributed by atoms with van der Waals surface area (Å²) >= 11 is 0. The molecule has 0 atom stereocenters. The first kappa shape index (κ1) is 7.74. The molecule has 0 aromatic carbocycles. The maximum absolute atomic E-state index is 10.1. The molecule has 1 aromatic heterocycles. The Labute approximate surface area is 62.8 Å². The largest absolute Gasteiger partial charge is 0.481 e. The summed E-state index contributed by atoms with van der Waals surface area (Å²) in [6.45, 7) is 0.267. The van der Waals surface area contributed by atoms with Gasteiger partial charge in [-0.25, -0.2) is 4.98 Å². The van der Waals surface area contributed by atoms with Crippen LogP contribution in [0.25, 0.3) is 0 Å². The second-order valence-electron chi connectivity index (χ2n) is 2.01. The average Bonchev–Trinajstić information content (AvgIpc) is 2.34. The Bertz CT molecular complexity index is 256. The summed E-state index contributed by atoms with van der Waals surface area (Å²) in [5.41, 5.74) is 5.79. The fourth-order valence-electron chi connectivity index (χ4n) is 0.653. The second-order valence-corrected chi connectivity index (χ2v) is 2.01. The number of aliphatic carboxylic acids is 1. The SMILES string of the molecule is NCc1coc(CC(=O)O)n1. The van der Waals surface area contributed by atoms with E-state index in [4.69, 9.17) is 15.3 Å². The predicted octanol–water partition coefficient (Wildman–Crippen LogP) is -0.240. The number of oxazole rings is 1. The number of rotatable bonds is 3. The highest BCUT2D eigenvalue weighted by Crippen LogP contribution is 2.01. The number of carboxylic acid groups (broad SMARTS) is 1. The fourth-order valence-corrected chi connectivity index (χ4v) is 0.653. The van der Waals surface area contributed by atoms with Crippen molar-refractivity contribution in [2.24, 2.45) is 5.73 Å². The van der Waals surface area contributed by atoms with Crippen LogP contribution < -0.4 is 5.73 Å². The van der Waals surface area contributed by atoms with E-state index in [0.717, 1.165) is 0 Å². The Balaban J connectivity index is 2.65. The minimum Gasteiger partial charge on any atom is -0.481 e. The van der Waals surface area contributed by atoms with Gasteiger partial charge in [0.2, 0.25) is 5.89 Å². The molecule has 3 N–H and O–H groups in total. The van der Waals surface area contributed by atoms with Crippen molar-refractivity contribution in [2.75, 3.05) is 0 Å². The number of nitrogens with zero attached hydrogens (tertiary/aromatic N) is 1. The molecule has 60 valence electrons. The summed E-state index contributed by atoms with van der Waals surface area (Å²) in [6.07, 6.45) is 1.16. The molecule has 0 aliphatic heterocycles. The van der Waals surface area contributed by atoms with Gasteiger partial charge < -0.3 is 15.3 Å². The summed E-state index contributed by atoms with van der Waals surface area (Å²) in [6, 6.07) is 0. The molecule has 1 rings (SSSR count). The topological polar surface area (TPSA) is 89.3 Å². The monoisotopic (exact) mass is 156 g/mol. The zero-order valence-electron chi connectivity index (χ0n) is 5.78. The molecule has 1 aromatic rings. The molecular formula is C6H8N2O3. The van der Waals surface area contributed by atoms with Crippen LogP contribution >= 0.6 is 0 Å². The van der Waals surface area contributed by atoms with Crippen LogP contribution in [-0.4, -0.2) is 16.1 Å². The van der Waals surface area contributed by atoms with E-state index in [-0.39, 0.29) is 18.9 Å². The number of hydrogen-bond acceptors (Lipinski definition) is 4. The third kappa shape index (κ3) is 2.05. The molecular weight excluding hydrogens is 148 g/mol. The Morgan fingerprint density at radius 2 is 2.55 bits per heavy atom. The maximum Gasteiger partial charge on any atom is 0.312 e. The quantitative estimate of drug-likeness (QED) is 0.630. The van der Waals surface area contributed by atoms with Gasteiger partial charge in [0.15, 0.2) is 0 Å². The van der Waals surface area contributed by atoms with Gasteiger partial charge in [0.1, 0.15) is 12.7 Å². The van der Waals surface area contributed by atoms with Gasteiger partial charge >= 0.3 is 5.97 Å². The van der Waals surface area contributed by atoms with Gasteiger partial charge in [-0.2, -0.15) is 0 Å². The highest BCUT2D eigenvalue weighted by molar-refractivity contribution is 5.68. The van der Waals surface area contributed by atoms with Gasteiger partial charge in [-0.05, 0) is 0 Å². The van der Waals surface area contributed by atoms with E-state index in [0.29, 0.717) is 5.69 Å². The van der Waals surface area contributed by atoms with Crippen LogP contribution in [0.1, 0.15) is 11.6 Å². The van der Waals surface area contributed by atoms with Gasteiger partial charge in [0, 0.05) is 6.54 Å². The molecule has 1 heterocycles. The molecule has 0 unspecified atom stereocenters. The standard InChI is InChI=1S/C6H8N2O3/c7-2-4-3-11-5(8-4)1-6(9)10/h3H,1-2,7H2,(H,9,10). The van der Waals surface area contributed by atoms with Crippen molar-refractivity contribution in [3.8, 4) is 0 Å². The summed E-state index contributed by atoms with van der Waals surface area (Å²) in [5.74, 6) is -0.770. The maximum atomic E-state index is 10.1. The molecule has 0 saturated heterocycles. The number of nitrogens with two attached hydrogens (primary N) is 1. The van der Waals surface area contributed by atoms with Crippen molar-refractivity contribution < 1.29 is 14.3 Å². The van der Waals surface area contributed by atoms with Crippen LogP contribution in [0.4, 0.5) is 0 Å². The lowest BCUT2D eigenvalue weighted by atomic mass is 10.4. The Hall–Kier alpha value is -1.36. The van der Waals surface area contributed by atoms with E-state index in [1.54, 1.807) is 0 Å². The lowest BCUT2D eigenvalue weighted by Gasteiger charge is -1.85. The predicted molar refractivity (Wildman–Crippen MR) is 35.7 cm³/mol. The second kappa shape index (κ2) is 3.16. The van der Waals surface area contributed by atoms with Gasteiger partial charge in [-0.3, -0.25) is 4.79 Å². The van der Waals surface area contributed by atoms with E-state index in [2.05, 4.69) is 4.98 Å². The van der Waals surface area contributed by atoms with E-state index in [1.807, 2.05) is 0 Å². The zero-order valence-corrected chi connectivity index (χ0v) is 5.78. The average molecular weight is 156 g/mol. The third-order valence-corrected chi connectivity index (χ3v) is 1.11. The first-order valence-electron chi connectivity index (χ1n) is 3.07. The molecule has 0 radical (unpaired) electrons. The van der Waals surface area contributed by atoms with E-state index < -0.39 is 5.97 Å². The van der Waals surface area contributed by atoms with Crippen LogP contribution in [-0.2, 0) is 17.8 Å². The van der Waals surface area contributed by atoms with E-state index in [1.165, 1.54) is 6.26 Å². The first-order valence-corrected chi connectivity index (χ1v) is 3.07. The van der Waals surface area contributed by atoms with E-state index in [9.17, 15) is 4.79 Å². The van der Waals surface area contributed by atoms with Gasteiger partial charge in [-0.15, -0.1) is 0 Å². The third-order valence-electron chi connectivity index (χ3n) is 1.11. The molecule has 5 heteroatoms. The van der Waals surface area contributed by atoms with Crippen molar-refractivity contribution in [3.63, 3.8) is 0 Å². The normalized spacial score (nSPS) is 9.91. The smallest absolute Gasteiger partial charge is 0.312 e. The van der Waals surface area contributed by atoms with Gasteiger partial charge in [0.05, 0.1) is 5.69 Å². The molecule has 0 aliphatic rings.